The summed E-state index contributed by atoms with van der Waals surface area (Å²) in [6.07, 6.45) is 0.718. The Labute approximate surface area is 205 Å². The Kier molecular flexibility index (Phi) is 7.25. The van der Waals surface area contributed by atoms with Gasteiger partial charge in [0.1, 0.15) is 23.3 Å². The Balaban J connectivity index is 1.78. The molecule has 3 aromatic rings. The molecule has 0 spiro atoms. The van der Waals surface area contributed by atoms with Gasteiger partial charge in [-0.1, -0.05) is 42.8 Å². The van der Waals surface area contributed by atoms with Crippen LogP contribution in [0.2, 0.25) is 0 Å². The molecule has 0 fully saturated rings. The fourth-order valence-corrected chi connectivity index (χ4v) is 4.28. The maximum absolute atomic E-state index is 13.8. The maximum atomic E-state index is 13.8. The van der Waals surface area contributed by atoms with Gasteiger partial charge in [-0.3, -0.25) is 9.59 Å². The molecular weight excluding hydrogens is 444 g/mol. The predicted octanol–water partition coefficient (Wildman–Crippen LogP) is 4.68. The second-order valence-corrected chi connectivity index (χ2v) is 8.43. The van der Waals surface area contributed by atoms with Crippen LogP contribution in [0.1, 0.15) is 35.2 Å². The molecule has 35 heavy (non-hydrogen) atoms. The lowest BCUT2D eigenvalue weighted by Gasteiger charge is -2.30. The Bertz CT molecular complexity index is 1220. The highest BCUT2D eigenvalue weighted by atomic mass is 16.5. The number of hydrogen-bond donors (Lipinski definition) is 1. The van der Waals surface area contributed by atoms with Crippen molar-refractivity contribution < 1.29 is 23.8 Å². The van der Waals surface area contributed by atoms with Crippen molar-refractivity contribution in [1.29, 1.82) is 0 Å². The standard InChI is InChI=1S/C28H30N2O5/c1-5-19-7-6-8-23-26(28(32)29-21-12-9-18(2)10-13-21)30(25(31)17-35-27(19)23)16-20-11-14-22(33-3)15-24(20)34-4/h6-15,26H,5,16-17H2,1-4H3,(H,29,32). The zero-order chi connectivity index (χ0) is 24.9. The van der Waals surface area contributed by atoms with Crippen molar-refractivity contribution in [2.75, 3.05) is 26.1 Å². The molecule has 7 heteroatoms. The summed E-state index contributed by atoms with van der Waals surface area (Å²) in [7, 11) is 3.15. The number of methoxy groups -OCH3 is 2. The van der Waals surface area contributed by atoms with Gasteiger partial charge in [0.25, 0.3) is 11.8 Å². The molecule has 182 valence electrons. The molecule has 1 heterocycles. The fourth-order valence-electron chi connectivity index (χ4n) is 4.28. The highest BCUT2D eigenvalue weighted by molar-refractivity contribution is 5.99. The average molecular weight is 475 g/mol. The summed E-state index contributed by atoms with van der Waals surface area (Å²) in [6.45, 7) is 4.01. The Hall–Kier alpha value is -4.00. The summed E-state index contributed by atoms with van der Waals surface area (Å²) >= 11 is 0. The van der Waals surface area contributed by atoms with E-state index in [1.165, 1.54) is 0 Å². The van der Waals surface area contributed by atoms with Crippen LogP contribution in [-0.2, 0) is 22.6 Å². The van der Waals surface area contributed by atoms with Crippen LogP contribution in [0.15, 0.2) is 60.7 Å². The molecule has 0 saturated heterocycles. The first-order chi connectivity index (χ1) is 16.9. The van der Waals surface area contributed by atoms with Gasteiger partial charge in [-0.15, -0.1) is 0 Å². The Morgan fingerprint density at radius 1 is 1.06 bits per heavy atom. The maximum Gasteiger partial charge on any atom is 0.261 e. The van der Waals surface area contributed by atoms with Crippen molar-refractivity contribution in [3.05, 3.63) is 82.9 Å². The molecule has 0 radical (unpaired) electrons. The molecule has 1 atom stereocenters. The van der Waals surface area contributed by atoms with Crippen molar-refractivity contribution in [3.8, 4) is 17.2 Å². The summed E-state index contributed by atoms with van der Waals surface area (Å²) in [5.74, 6) is 1.21. The van der Waals surface area contributed by atoms with E-state index < -0.39 is 6.04 Å². The highest BCUT2D eigenvalue weighted by Gasteiger charge is 2.37. The molecule has 0 saturated carbocycles. The number of benzene rings is 3. The van der Waals surface area contributed by atoms with E-state index >= 15 is 0 Å². The van der Waals surface area contributed by atoms with Gasteiger partial charge in [-0.05, 0) is 43.2 Å². The first-order valence-corrected chi connectivity index (χ1v) is 11.6. The molecule has 0 aliphatic carbocycles. The summed E-state index contributed by atoms with van der Waals surface area (Å²) in [5.41, 5.74) is 4.12. The third-order valence-electron chi connectivity index (χ3n) is 6.18. The average Bonchev–Trinajstić information content (AvgIpc) is 3.02. The SMILES string of the molecule is CCc1cccc2c1OCC(=O)N(Cc1ccc(OC)cc1OC)C2C(=O)Nc1ccc(C)cc1. The van der Waals surface area contributed by atoms with Crippen molar-refractivity contribution in [2.45, 2.75) is 32.9 Å². The highest BCUT2D eigenvalue weighted by Crippen LogP contribution is 2.38. The quantitative estimate of drug-likeness (QED) is 0.538. The van der Waals surface area contributed by atoms with Crippen LogP contribution in [0.5, 0.6) is 17.2 Å². The number of fused-ring (bicyclic) bond motifs is 1. The molecule has 1 N–H and O–H groups in total. The molecule has 2 amide bonds. The molecule has 4 rings (SSSR count). The summed E-state index contributed by atoms with van der Waals surface area (Å²) in [6, 6.07) is 17.8. The zero-order valence-corrected chi connectivity index (χ0v) is 20.5. The minimum absolute atomic E-state index is 0.156. The Morgan fingerprint density at radius 3 is 2.51 bits per heavy atom. The van der Waals surface area contributed by atoms with E-state index in [-0.39, 0.29) is 25.0 Å². The minimum Gasteiger partial charge on any atom is -0.497 e. The molecule has 1 aliphatic rings. The second-order valence-electron chi connectivity index (χ2n) is 8.43. The third-order valence-corrected chi connectivity index (χ3v) is 6.18. The molecule has 1 aliphatic heterocycles. The van der Waals surface area contributed by atoms with Gasteiger partial charge >= 0.3 is 0 Å². The van der Waals surface area contributed by atoms with Crippen molar-refractivity contribution in [1.82, 2.24) is 4.90 Å². The number of carbonyl (C=O) groups is 2. The van der Waals surface area contributed by atoms with Crippen LogP contribution in [0.4, 0.5) is 5.69 Å². The van der Waals surface area contributed by atoms with Gasteiger partial charge < -0.3 is 24.4 Å². The van der Waals surface area contributed by atoms with E-state index in [4.69, 9.17) is 14.2 Å². The summed E-state index contributed by atoms with van der Waals surface area (Å²) in [5, 5.41) is 2.99. The van der Waals surface area contributed by atoms with E-state index in [0.29, 0.717) is 28.5 Å². The number of hydrogen-bond acceptors (Lipinski definition) is 5. The summed E-state index contributed by atoms with van der Waals surface area (Å²) in [4.78, 5) is 28.7. The molecule has 1 unspecified atom stereocenters. The van der Waals surface area contributed by atoms with Gasteiger partial charge in [-0.25, -0.2) is 0 Å². The topological polar surface area (TPSA) is 77.1 Å². The number of ether oxygens (including phenoxy) is 3. The van der Waals surface area contributed by atoms with E-state index in [0.717, 1.165) is 23.1 Å². The first kappa shape index (κ1) is 24.1. The van der Waals surface area contributed by atoms with Crippen LogP contribution in [0.25, 0.3) is 0 Å². The van der Waals surface area contributed by atoms with E-state index in [1.54, 1.807) is 31.3 Å². The van der Waals surface area contributed by atoms with Gasteiger partial charge in [0.2, 0.25) is 0 Å². The second kappa shape index (κ2) is 10.5. The molecular formula is C28H30N2O5. The number of nitrogens with zero attached hydrogens (tertiary/aromatic N) is 1. The van der Waals surface area contributed by atoms with Crippen LogP contribution in [-0.4, -0.2) is 37.5 Å². The monoisotopic (exact) mass is 474 g/mol. The lowest BCUT2D eigenvalue weighted by Crippen LogP contribution is -2.41. The molecule has 3 aromatic carbocycles. The lowest BCUT2D eigenvalue weighted by atomic mass is 9.98. The molecule has 0 bridgehead atoms. The zero-order valence-electron chi connectivity index (χ0n) is 20.5. The number of anilines is 1. The van der Waals surface area contributed by atoms with E-state index in [9.17, 15) is 9.59 Å². The number of para-hydroxylation sites is 1. The van der Waals surface area contributed by atoms with E-state index in [1.807, 2.05) is 62.4 Å². The van der Waals surface area contributed by atoms with Crippen molar-refractivity contribution in [2.24, 2.45) is 0 Å². The van der Waals surface area contributed by atoms with Crippen LogP contribution < -0.4 is 19.5 Å². The van der Waals surface area contributed by atoms with Gasteiger partial charge in [0, 0.05) is 22.9 Å². The van der Waals surface area contributed by atoms with Crippen molar-refractivity contribution >= 4 is 17.5 Å². The van der Waals surface area contributed by atoms with Crippen LogP contribution in [0, 0.1) is 6.92 Å². The number of nitrogens with one attached hydrogen (secondary N) is 1. The number of rotatable bonds is 7. The molecule has 0 aromatic heterocycles. The minimum atomic E-state index is -0.889. The van der Waals surface area contributed by atoms with Gasteiger partial charge in [-0.2, -0.15) is 0 Å². The fraction of sp³-hybridized carbons (Fsp3) is 0.286. The van der Waals surface area contributed by atoms with Crippen LogP contribution in [0.3, 0.4) is 0 Å². The number of amides is 2. The normalized spacial score (nSPS) is 15.0. The largest absolute Gasteiger partial charge is 0.497 e. The number of carbonyl (C=O) groups excluding carboxylic acids is 2. The van der Waals surface area contributed by atoms with Gasteiger partial charge in [0.05, 0.1) is 20.8 Å². The lowest BCUT2D eigenvalue weighted by molar-refractivity contribution is -0.140. The van der Waals surface area contributed by atoms with Crippen molar-refractivity contribution in [3.63, 3.8) is 0 Å². The summed E-state index contributed by atoms with van der Waals surface area (Å²) < 4.78 is 16.8. The predicted molar refractivity (Wildman–Crippen MR) is 134 cm³/mol. The molecule has 7 nitrogen and oxygen atoms in total. The van der Waals surface area contributed by atoms with Crippen LogP contribution >= 0.6 is 0 Å². The third kappa shape index (κ3) is 5.09. The van der Waals surface area contributed by atoms with Gasteiger partial charge in [0.15, 0.2) is 6.61 Å². The number of aryl methyl sites for hydroxylation is 2. The Morgan fingerprint density at radius 2 is 1.83 bits per heavy atom. The first-order valence-electron chi connectivity index (χ1n) is 11.6. The van der Waals surface area contributed by atoms with E-state index in [2.05, 4.69) is 5.32 Å². The smallest absolute Gasteiger partial charge is 0.261 e.